The molecule has 4 rings (SSSR count). The minimum Gasteiger partial charge on any atom is -0.336 e. The second-order valence-electron chi connectivity index (χ2n) is 7.56. The molecule has 1 saturated heterocycles. The van der Waals surface area contributed by atoms with Crippen LogP contribution in [-0.2, 0) is 0 Å². The molecule has 1 fully saturated rings. The molecule has 1 atom stereocenters. The van der Waals surface area contributed by atoms with Gasteiger partial charge in [-0.2, -0.15) is 0 Å². The van der Waals surface area contributed by atoms with E-state index in [9.17, 15) is 9.18 Å². The van der Waals surface area contributed by atoms with Gasteiger partial charge in [-0.25, -0.2) is 4.39 Å². The van der Waals surface area contributed by atoms with E-state index in [1.807, 2.05) is 66.4 Å². The third-order valence-electron chi connectivity index (χ3n) is 5.57. The highest BCUT2D eigenvalue weighted by Gasteiger charge is 2.28. The number of carbonyl (C=O) groups excluding carboxylic acids is 1. The molecule has 1 aliphatic heterocycles. The number of carbonyl (C=O) groups is 1. The van der Waals surface area contributed by atoms with E-state index in [-0.39, 0.29) is 17.8 Å². The summed E-state index contributed by atoms with van der Waals surface area (Å²) >= 11 is 0. The maximum Gasteiger partial charge on any atom is 0.253 e. The Bertz CT molecular complexity index is 946. The van der Waals surface area contributed by atoms with Gasteiger partial charge in [-0.1, -0.05) is 60.2 Å². The molecule has 3 aromatic carbocycles. The Balaban J connectivity index is 1.51. The van der Waals surface area contributed by atoms with Gasteiger partial charge in [-0.05, 0) is 42.3 Å². The first kappa shape index (κ1) is 19.3. The van der Waals surface area contributed by atoms with Crippen molar-refractivity contribution in [3.05, 3.63) is 107 Å². The van der Waals surface area contributed by atoms with Crippen molar-refractivity contribution in [1.82, 2.24) is 9.80 Å². The monoisotopic (exact) mass is 388 g/mol. The van der Waals surface area contributed by atoms with Crippen LogP contribution in [0, 0.1) is 12.7 Å². The Morgan fingerprint density at radius 2 is 1.38 bits per heavy atom. The van der Waals surface area contributed by atoms with E-state index < -0.39 is 0 Å². The molecule has 1 aliphatic rings. The fourth-order valence-electron chi connectivity index (χ4n) is 3.96. The number of amides is 1. The second kappa shape index (κ2) is 8.58. The normalized spacial score (nSPS) is 15.9. The number of piperazine rings is 1. The van der Waals surface area contributed by atoms with E-state index in [4.69, 9.17) is 0 Å². The molecule has 4 heteroatoms. The number of nitrogens with zero attached hydrogens (tertiary/aromatic N) is 2. The van der Waals surface area contributed by atoms with E-state index >= 15 is 0 Å². The van der Waals surface area contributed by atoms with Crippen molar-refractivity contribution in [2.45, 2.75) is 13.0 Å². The van der Waals surface area contributed by atoms with Crippen LogP contribution in [0.3, 0.4) is 0 Å². The maximum atomic E-state index is 13.5. The van der Waals surface area contributed by atoms with Crippen molar-refractivity contribution in [2.24, 2.45) is 0 Å². The molecule has 0 bridgehead atoms. The molecule has 0 aliphatic carbocycles. The number of hydrogen-bond acceptors (Lipinski definition) is 2. The Hall–Kier alpha value is -2.98. The molecule has 3 nitrogen and oxygen atoms in total. The predicted molar refractivity (Wildman–Crippen MR) is 113 cm³/mol. The molecule has 29 heavy (non-hydrogen) atoms. The summed E-state index contributed by atoms with van der Waals surface area (Å²) in [5, 5.41) is 0. The summed E-state index contributed by atoms with van der Waals surface area (Å²) in [6, 6.07) is 24.8. The predicted octanol–water partition coefficient (Wildman–Crippen LogP) is 4.68. The van der Waals surface area contributed by atoms with Gasteiger partial charge in [-0.3, -0.25) is 9.69 Å². The zero-order valence-corrected chi connectivity index (χ0v) is 16.6. The Kier molecular flexibility index (Phi) is 5.72. The SMILES string of the molecule is Cc1ccc(C(=O)N2CCN([C@@H](c3ccccc3)c3ccc(F)cc3)CC2)cc1. The molecule has 0 N–H and O–H groups in total. The van der Waals surface area contributed by atoms with Crippen LogP contribution in [0.5, 0.6) is 0 Å². The minimum atomic E-state index is -0.228. The van der Waals surface area contributed by atoms with Crippen LogP contribution in [0.1, 0.15) is 33.1 Å². The van der Waals surface area contributed by atoms with E-state index in [0.29, 0.717) is 13.1 Å². The third kappa shape index (κ3) is 4.38. The summed E-state index contributed by atoms with van der Waals surface area (Å²) in [5.41, 5.74) is 4.13. The molecular weight excluding hydrogens is 363 g/mol. The van der Waals surface area contributed by atoms with Crippen molar-refractivity contribution in [2.75, 3.05) is 26.2 Å². The van der Waals surface area contributed by atoms with Crippen molar-refractivity contribution < 1.29 is 9.18 Å². The lowest BCUT2D eigenvalue weighted by atomic mass is 9.96. The van der Waals surface area contributed by atoms with Gasteiger partial charge in [0.2, 0.25) is 0 Å². The fourth-order valence-corrected chi connectivity index (χ4v) is 3.96. The topological polar surface area (TPSA) is 23.6 Å². The number of benzene rings is 3. The molecular formula is C25H25FN2O. The van der Waals surface area contributed by atoms with Crippen LogP contribution in [0.15, 0.2) is 78.9 Å². The summed E-state index contributed by atoms with van der Waals surface area (Å²) in [5.74, 6) is -0.142. The van der Waals surface area contributed by atoms with E-state index in [1.165, 1.54) is 17.7 Å². The van der Waals surface area contributed by atoms with Gasteiger partial charge in [0.05, 0.1) is 6.04 Å². The van der Waals surface area contributed by atoms with Crippen molar-refractivity contribution >= 4 is 5.91 Å². The summed E-state index contributed by atoms with van der Waals surface area (Å²) in [6.45, 7) is 4.92. The molecule has 0 aromatic heterocycles. The van der Waals surface area contributed by atoms with Crippen molar-refractivity contribution in [1.29, 1.82) is 0 Å². The van der Waals surface area contributed by atoms with Crippen LogP contribution in [0.25, 0.3) is 0 Å². The lowest BCUT2D eigenvalue weighted by molar-refractivity contribution is 0.0597. The van der Waals surface area contributed by atoms with E-state index in [2.05, 4.69) is 17.0 Å². The first-order chi connectivity index (χ1) is 14.1. The molecule has 1 amide bonds. The zero-order chi connectivity index (χ0) is 20.2. The highest BCUT2D eigenvalue weighted by molar-refractivity contribution is 5.94. The van der Waals surface area contributed by atoms with Gasteiger partial charge in [0, 0.05) is 31.7 Å². The number of halogens is 1. The Labute approximate surface area is 171 Å². The minimum absolute atomic E-state index is 0.0495. The first-order valence-electron chi connectivity index (χ1n) is 10.0. The van der Waals surface area contributed by atoms with Gasteiger partial charge in [0.1, 0.15) is 5.82 Å². The number of hydrogen-bond donors (Lipinski definition) is 0. The van der Waals surface area contributed by atoms with Gasteiger partial charge in [0.15, 0.2) is 0 Å². The summed E-state index contributed by atoms with van der Waals surface area (Å²) < 4.78 is 13.5. The van der Waals surface area contributed by atoms with Crippen molar-refractivity contribution in [3.8, 4) is 0 Å². The largest absolute Gasteiger partial charge is 0.336 e. The van der Waals surface area contributed by atoms with E-state index in [0.717, 1.165) is 29.8 Å². The summed E-state index contributed by atoms with van der Waals surface area (Å²) in [6.07, 6.45) is 0. The highest BCUT2D eigenvalue weighted by atomic mass is 19.1. The quantitative estimate of drug-likeness (QED) is 0.648. The first-order valence-corrected chi connectivity index (χ1v) is 10.0. The lowest BCUT2D eigenvalue weighted by Crippen LogP contribution is -2.49. The van der Waals surface area contributed by atoms with Gasteiger partial charge in [0.25, 0.3) is 5.91 Å². The molecule has 0 spiro atoms. The third-order valence-corrected chi connectivity index (χ3v) is 5.57. The van der Waals surface area contributed by atoms with Crippen LogP contribution in [0.4, 0.5) is 4.39 Å². The zero-order valence-electron chi connectivity index (χ0n) is 16.6. The Morgan fingerprint density at radius 1 is 0.793 bits per heavy atom. The fraction of sp³-hybridized carbons (Fsp3) is 0.240. The van der Waals surface area contributed by atoms with Crippen LogP contribution >= 0.6 is 0 Å². The Morgan fingerprint density at radius 3 is 2.00 bits per heavy atom. The second-order valence-corrected chi connectivity index (χ2v) is 7.56. The molecule has 0 saturated carbocycles. The average molecular weight is 388 g/mol. The average Bonchev–Trinajstić information content (AvgIpc) is 2.77. The number of aryl methyl sites for hydroxylation is 1. The van der Waals surface area contributed by atoms with Gasteiger partial charge >= 0.3 is 0 Å². The molecule has 148 valence electrons. The molecule has 0 unspecified atom stereocenters. The smallest absolute Gasteiger partial charge is 0.253 e. The summed E-state index contributed by atoms with van der Waals surface area (Å²) in [4.78, 5) is 17.1. The standard InChI is InChI=1S/C25H25FN2O/c1-19-7-9-22(10-8-19)25(29)28-17-15-27(16-18-28)24(20-5-3-2-4-6-20)21-11-13-23(26)14-12-21/h2-14,24H,15-18H2,1H3/t24-/m0/s1. The molecule has 3 aromatic rings. The van der Waals surface area contributed by atoms with Gasteiger partial charge in [-0.15, -0.1) is 0 Å². The van der Waals surface area contributed by atoms with Gasteiger partial charge < -0.3 is 4.90 Å². The highest BCUT2D eigenvalue weighted by Crippen LogP contribution is 2.30. The van der Waals surface area contributed by atoms with Crippen LogP contribution < -0.4 is 0 Å². The van der Waals surface area contributed by atoms with Crippen LogP contribution in [-0.4, -0.2) is 41.9 Å². The van der Waals surface area contributed by atoms with Crippen LogP contribution in [0.2, 0.25) is 0 Å². The molecule has 0 radical (unpaired) electrons. The summed E-state index contributed by atoms with van der Waals surface area (Å²) in [7, 11) is 0. The number of rotatable bonds is 4. The van der Waals surface area contributed by atoms with Crippen molar-refractivity contribution in [3.63, 3.8) is 0 Å². The van der Waals surface area contributed by atoms with E-state index in [1.54, 1.807) is 0 Å². The molecule has 1 heterocycles. The maximum absolute atomic E-state index is 13.5. The lowest BCUT2D eigenvalue weighted by Gasteiger charge is -2.39.